The normalized spacial score (nSPS) is 20.7. The third-order valence-electron chi connectivity index (χ3n) is 7.44. The van der Waals surface area contributed by atoms with E-state index in [0.29, 0.717) is 44.8 Å². The van der Waals surface area contributed by atoms with Gasteiger partial charge in [0.1, 0.15) is 40.6 Å². The van der Waals surface area contributed by atoms with Crippen LogP contribution in [0.4, 0.5) is 5.82 Å². The van der Waals surface area contributed by atoms with Gasteiger partial charge < -0.3 is 10.2 Å². The van der Waals surface area contributed by atoms with Crippen LogP contribution in [0.1, 0.15) is 42.1 Å². The largest absolute Gasteiger partial charge is 0.314 e. The van der Waals surface area contributed by atoms with Crippen LogP contribution in [-0.2, 0) is 16.1 Å². The molecule has 12 heteroatoms. The Morgan fingerprint density at radius 1 is 1.12 bits per heavy atom. The summed E-state index contributed by atoms with van der Waals surface area (Å²) in [6.45, 7) is 6.89. The lowest BCUT2D eigenvalue weighted by atomic mass is 9.76. The van der Waals surface area contributed by atoms with Crippen LogP contribution in [0.15, 0.2) is 41.4 Å². The number of pyridine rings is 2. The highest BCUT2D eigenvalue weighted by molar-refractivity contribution is 9.10. The predicted octanol–water partition coefficient (Wildman–Crippen LogP) is 3.50. The summed E-state index contributed by atoms with van der Waals surface area (Å²) in [6, 6.07) is 4.19. The van der Waals surface area contributed by atoms with E-state index in [-0.39, 0.29) is 29.8 Å². The molecule has 6 rings (SSSR count). The molecule has 1 aliphatic carbocycles. The zero-order valence-corrected chi connectivity index (χ0v) is 24.4. The zero-order chi connectivity index (χ0) is 29.1. The molecule has 0 radical (unpaired) electrons. The van der Waals surface area contributed by atoms with Crippen molar-refractivity contribution in [3.8, 4) is 23.1 Å². The summed E-state index contributed by atoms with van der Waals surface area (Å²) >= 11 is 3.36. The van der Waals surface area contributed by atoms with Crippen LogP contribution < -0.4 is 5.32 Å². The maximum absolute atomic E-state index is 13.8. The molecule has 1 fully saturated rings. The standard InChI is InChI=1S/C29H25BrN8O3/c1-15-7-24(30)34-25(8-15)35-28(41)21-10-29(4)6-5-23(29)38(21)26(40)14-37-22-13-33-20(18-11-31-17(3)32-12-18)9-19(22)27(36-37)16(2)39/h7-9,11-13,21,23H,10,14H2,1-4H3,(H,34,35,41)/t21-,23+,29+/m0/s1. The first-order valence-corrected chi connectivity index (χ1v) is 13.8. The number of aromatic nitrogens is 6. The fourth-order valence-corrected chi connectivity index (χ4v) is 5.93. The minimum absolute atomic E-state index is 0.190. The lowest BCUT2D eigenvalue weighted by molar-refractivity contribution is -0.138. The van der Waals surface area contributed by atoms with E-state index in [4.69, 9.17) is 0 Å². The minimum atomic E-state index is -0.763. The number of fused-ring (bicyclic) bond motifs is 2. The Morgan fingerprint density at radius 2 is 1.88 bits per heavy atom. The van der Waals surface area contributed by atoms with Crippen LogP contribution >= 0.6 is 15.9 Å². The number of anilines is 1. The molecule has 1 N–H and O–H groups in total. The van der Waals surface area contributed by atoms with Crippen LogP contribution in [0, 0.1) is 31.1 Å². The van der Waals surface area contributed by atoms with E-state index in [1.807, 2.05) is 19.9 Å². The molecule has 2 aliphatic rings. The Balaban J connectivity index is 1.31. The van der Waals surface area contributed by atoms with Crippen molar-refractivity contribution in [2.45, 2.75) is 52.7 Å². The summed E-state index contributed by atoms with van der Waals surface area (Å²) < 4.78 is 2.06. The maximum atomic E-state index is 13.8. The molecular formula is C29H25BrN8O3. The molecule has 11 nitrogen and oxygen atoms in total. The number of hydrogen-bond donors (Lipinski definition) is 1. The van der Waals surface area contributed by atoms with Crippen molar-refractivity contribution in [2.24, 2.45) is 5.41 Å². The highest BCUT2D eigenvalue weighted by Crippen LogP contribution is 2.45. The highest BCUT2D eigenvalue weighted by Gasteiger charge is 2.55. The molecule has 4 aromatic heterocycles. The molecule has 3 atom stereocenters. The smallest absolute Gasteiger partial charge is 0.248 e. The van der Waals surface area contributed by atoms with E-state index < -0.39 is 17.5 Å². The summed E-state index contributed by atoms with van der Waals surface area (Å²) in [4.78, 5) is 58.7. The number of nitrogens with zero attached hydrogens (tertiary/aromatic N) is 7. The lowest BCUT2D eigenvalue weighted by Crippen LogP contribution is -2.50. The van der Waals surface area contributed by atoms with E-state index in [0.717, 1.165) is 5.56 Å². The number of halogens is 1. The number of nitrogens with one attached hydrogen (secondary N) is 1. The first kappa shape index (κ1) is 26.7. The Bertz CT molecular complexity index is 1800. The molecule has 5 heterocycles. The Labute approximate surface area is 243 Å². The van der Waals surface area contributed by atoms with Crippen LogP contribution in [0.2, 0.25) is 0 Å². The van der Waals surface area contributed by atoms with Crippen molar-refractivity contribution >= 4 is 50.2 Å². The summed E-state index contributed by atoms with van der Waals surface area (Å²) in [5, 5.41) is 7.91. The van der Waals surface area contributed by atoms with Crippen LogP contribution in [0.25, 0.3) is 22.2 Å². The molecule has 206 valence electrons. The molecule has 1 aliphatic heterocycles. The molecule has 0 unspecified atom stereocenters. The first-order valence-electron chi connectivity index (χ1n) is 13.0. The second-order valence-electron chi connectivity index (χ2n) is 10.6. The van der Waals surface area contributed by atoms with E-state index in [9.17, 15) is 14.4 Å². The summed E-state index contributed by atoms with van der Waals surface area (Å²) in [5.74, 6) is 6.31. The summed E-state index contributed by atoms with van der Waals surface area (Å²) in [7, 11) is 0. The average molecular weight is 613 g/mol. The number of rotatable bonds is 6. The Morgan fingerprint density at radius 3 is 2.54 bits per heavy atom. The second kappa shape index (κ2) is 9.85. The number of aryl methyl sites for hydroxylation is 2. The molecule has 0 spiro atoms. The number of Topliss-reactive ketones (excluding diaryl/α,β-unsaturated/α-hetero) is 1. The SMILES string of the molecule is CC(=O)c1nn(CC(=O)N2[C@H](C(=O)Nc3cc(C)cc(Br)n3)C[C@@]3(C)C#C[C@@H]23)c2cnc(-c3cnc(C)nc3)cc12. The third-order valence-corrected chi connectivity index (χ3v) is 7.85. The van der Waals surface area contributed by atoms with Crippen molar-refractivity contribution in [3.63, 3.8) is 0 Å². The number of hydrogen-bond acceptors (Lipinski definition) is 8. The topological polar surface area (TPSA) is 136 Å². The Kier molecular flexibility index (Phi) is 6.42. The quantitative estimate of drug-likeness (QED) is 0.198. The average Bonchev–Trinajstić information content (AvgIpc) is 3.36. The molecule has 0 bridgehead atoms. The number of carbonyl (C=O) groups is 3. The van der Waals surface area contributed by atoms with Crippen molar-refractivity contribution in [1.29, 1.82) is 0 Å². The van der Waals surface area contributed by atoms with Crippen molar-refractivity contribution in [3.05, 3.63) is 58.5 Å². The highest BCUT2D eigenvalue weighted by atomic mass is 79.9. The first-order chi connectivity index (χ1) is 19.5. The summed E-state index contributed by atoms with van der Waals surface area (Å²) in [6.07, 6.45) is 5.31. The second-order valence-corrected chi connectivity index (χ2v) is 11.4. The maximum Gasteiger partial charge on any atom is 0.248 e. The van der Waals surface area contributed by atoms with Gasteiger partial charge in [-0.1, -0.05) is 11.8 Å². The number of amides is 2. The van der Waals surface area contributed by atoms with Gasteiger partial charge >= 0.3 is 0 Å². The number of carbonyl (C=O) groups excluding carboxylic acids is 3. The van der Waals surface area contributed by atoms with E-state index in [2.05, 4.69) is 58.1 Å². The van der Waals surface area contributed by atoms with Gasteiger partial charge in [-0.2, -0.15) is 5.10 Å². The number of ketones is 1. The Hall–Kier alpha value is -4.50. The fraction of sp³-hybridized carbons (Fsp3) is 0.310. The van der Waals surface area contributed by atoms with Gasteiger partial charge in [0, 0.05) is 30.3 Å². The molecular weight excluding hydrogens is 588 g/mol. The van der Waals surface area contributed by atoms with Gasteiger partial charge in [-0.3, -0.25) is 24.0 Å². The monoisotopic (exact) mass is 612 g/mol. The minimum Gasteiger partial charge on any atom is -0.314 e. The number of likely N-dealkylation sites (tertiary alicyclic amines) is 1. The molecule has 1 saturated heterocycles. The predicted molar refractivity (Wildman–Crippen MR) is 154 cm³/mol. The molecule has 4 aromatic rings. The molecule has 0 aromatic carbocycles. The van der Waals surface area contributed by atoms with Gasteiger partial charge in [-0.25, -0.2) is 15.0 Å². The third kappa shape index (κ3) is 4.76. The summed E-state index contributed by atoms with van der Waals surface area (Å²) in [5.41, 5.74) is 2.47. The zero-order valence-electron chi connectivity index (χ0n) is 22.8. The van der Waals surface area contributed by atoms with Gasteiger partial charge in [0.2, 0.25) is 11.8 Å². The van der Waals surface area contributed by atoms with Gasteiger partial charge in [0.15, 0.2) is 5.78 Å². The van der Waals surface area contributed by atoms with Crippen LogP contribution in [0.3, 0.4) is 0 Å². The van der Waals surface area contributed by atoms with Gasteiger partial charge in [0.25, 0.3) is 0 Å². The lowest BCUT2D eigenvalue weighted by Gasteiger charge is -2.34. The molecule has 41 heavy (non-hydrogen) atoms. The van der Waals surface area contributed by atoms with Crippen LogP contribution in [0.5, 0.6) is 0 Å². The van der Waals surface area contributed by atoms with Crippen molar-refractivity contribution in [2.75, 3.05) is 5.32 Å². The van der Waals surface area contributed by atoms with Gasteiger partial charge in [-0.05, 0) is 66.9 Å². The van der Waals surface area contributed by atoms with Gasteiger partial charge in [0.05, 0.1) is 22.8 Å². The van der Waals surface area contributed by atoms with Crippen molar-refractivity contribution < 1.29 is 14.4 Å². The molecule has 2 amide bonds. The van der Waals surface area contributed by atoms with Gasteiger partial charge in [-0.15, -0.1) is 0 Å². The van der Waals surface area contributed by atoms with Crippen LogP contribution in [-0.4, -0.2) is 64.3 Å². The van der Waals surface area contributed by atoms with E-state index in [1.165, 1.54) is 11.6 Å². The van der Waals surface area contributed by atoms with Crippen molar-refractivity contribution in [1.82, 2.24) is 34.6 Å². The molecule has 0 saturated carbocycles. The fourth-order valence-electron chi connectivity index (χ4n) is 5.38. The van der Waals surface area contributed by atoms with E-state index in [1.54, 1.807) is 42.5 Å². The van der Waals surface area contributed by atoms with E-state index >= 15 is 0 Å².